The van der Waals surface area contributed by atoms with Gasteiger partial charge in [-0.15, -0.1) is 12.4 Å². The number of nitrogens with one attached hydrogen (secondary N) is 3. The molecule has 20 heavy (non-hydrogen) atoms. The zero-order chi connectivity index (χ0) is 13.8. The molecule has 8 heteroatoms. The first-order valence-electron chi connectivity index (χ1n) is 5.90. The van der Waals surface area contributed by atoms with Gasteiger partial charge in [0.2, 0.25) is 0 Å². The molecule has 0 radical (unpaired) electrons. The fourth-order valence-electron chi connectivity index (χ4n) is 1.92. The Hall–Kier alpha value is -1.21. The minimum atomic E-state index is -0.577. The number of ether oxygens (including phenoxy) is 1. The van der Waals surface area contributed by atoms with Crippen molar-refractivity contribution in [3.05, 3.63) is 23.2 Å². The van der Waals surface area contributed by atoms with Crippen LogP contribution in [-0.2, 0) is 0 Å². The highest BCUT2D eigenvalue weighted by Gasteiger charge is 2.26. The highest BCUT2D eigenvalue weighted by molar-refractivity contribution is 6.31. The summed E-state index contributed by atoms with van der Waals surface area (Å²) in [6.45, 7) is 1.02. The third kappa shape index (κ3) is 4.14. The standard InChI is InChI=1S/C12H16ClN3O3.ClH/c1-19-11-3-2-7(13)4-8(11)15-12(18)16-9-5-14-6-10(9)17;/h2-4,9-10,14,17H,5-6H2,1H3,(H2,15,16,18);1H/t9-,10-;/m1./s1. The summed E-state index contributed by atoms with van der Waals surface area (Å²) in [4.78, 5) is 11.8. The van der Waals surface area contributed by atoms with Crippen molar-refractivity contribution in [2.24, 2.45) is 0 Å². The molecule has 6 nitrogen and oxygen atoms in total. The van der Waals surface area contributed by atoms with Crippen LogP contribution in [0.5, 0.6) is 5.75 Å². The van der Waals surface area contributed by atoms with E-state index < -0.39 is 12.1 Å². The Kier molecular flexibility index (Phi) is 6.35. The smallest absolute Gasteiger partial charge is 0.319 e. The molecule has 1 fully saturated rings. The van der Waals surface area contributed by atoms with Gasteiger partial charge in [-0.05, 0) is 18.2 Å². The molecule has 0 spiro atoms. The van der Waals surface area contributed by atoms with Crippen molar-refractivity contribution < 1.29 is 14.6 Å². The highest BCUT2D eigenvalue weighted by atomic mass is 35.5. The molecule has 0 aromatic heterocycles. The van der Waals surface area contributed by atoms with Crippen molar-refractivity contribution in [2.75, 3.05) is 25.5 Å². The van der Waals surface area contributed by atoms with Gasteiger partial charge in [0, 0.05) is 18.1 Å². The van der Waals surface area contributed by atoms with Gasteiger partial charge in [0.15, 0.2) is 0 Å². The van der Waals surface area contributed by atoms with E-state index in [9.17, 15) is 9.90 Å². The molecule has 1 aliphatic heterocycles. The number of methoxy groups -OCH3 is 1. The second-order valence-corrected chi connectivity index (χ2v) is 4.71. The zero-order valence-corrected chi connectivity index (χ0v) is 12.4. The zero-order valence-electron chi connectivity index (χ0n) is 10.9. The Morgan fingerprint density at radius 3 is 2.85 bits per heavy atom. The quantitative estimate of drug-likeness (QED) is 0.674. The first kappa shape index (κ1) is 16.8. The fourth-order valence-corrected chi connectivity index (χ4v) is 2.09. The average Bonchev–Trinajstić information content (AvgIpc) is 2.75. The molecule has 1 saturated heterocycles. The fraction of sp³-hybridized carbons (Fsp3) is 0.417. The number of halogens is 2. The minimum Gasteiger partial charge on any atom is -0.495 e. The van der Waals surface area contributed by atoms with Gasteiger partial charge in [-0.3, -0.25) is 0 Å². The molecule has 112 valence electrons. The van der Waals surface area contributed by atoms with Crippen LogP contribution in [0.3, 0.4) is 0 Å². The van der Waals surface area contributed by atoms with Gasteiger partial charge in [0.1, 0.15) is 5.75 Å². The number of carbonyl (C=O) groups is 1. The maximum atomic E-state index is 11.8. The SMILES string of the molecule is COc1ccc(Cl)cc1NC(=O)N[C@@H]1CNC[C@H]1O.Cl. The summed E-state index contributed by atoms with van der Waals surface area (Å²) in [6, 6.07) is 4.24. The van der Waals surface area contributed by atoms with Gasteiger partial charge in [-0.2, -0.15) is 0 Å². The predicted octanol–water partition coefficient (Wildman–Crippen LogP) is 1.22. The minimum absolute atomic E-state index is 0. The number of urea groups is 1. The van der Waals surface area contributed by atoms with Gasteiger partial charge in [-0.25, -0.2) is 4.79 Å². The highest BCUT2D eigenvalue weighted by Crippen LogP contribution is 2.27. The molecular weight excluding hydrogens is 305 g/mol. The molecule has 0 unspecified atom stereocenters. The lowest BCUT2D eigenvalue weighted by Gasteiger charge is -2.17. The Morgan fingerprint density at radius 1 is 1.50 bits per heavy atom. The van der Waals surface area contributed by atoms with E-state index in [1.54, 1.807) is 18.2 Å². The number of benzene rings is 1. The first-order valence-corrected chi connectivity index (χ1v) is 6.28. The van der Waals surface area contributed by atoms with Gasteiger partial charge >= 0.3 is 6.03 Å². The van der Waals surface area contributed by atoms with Crippen molar-refractivity contribution in [1.29, 1.82) is 0 Å². The number of aliphatic hydroxyl groups is 1. The number of rotatable bonds is 3. The van der Waals surface area contributed by atoms with Gasteiger partial charge < -0.3 is 25.8 Å². The molecule has 0 aliphatic carbocycles. The summed E-state index contributed by atoms with van der Waals surface area (Å²) in [5, 5.41) is 18.4. The Labute approximate surface area is 128 Å². The first-order chi connectivity index (χ1) is 9.10. The molecule has 1 aromatic rings. The van der Waals surface area contributed by atoms with Gasteiger partial charge in [0.05, 0.1) is 24.9 Å². The van der Waals surface area contributed by atoms with Crippen LogP contribution in [0.15, 0.2) is 18.2 Å². The molecule has 0 saturated carbocycles. The van der Waals surface area contributed by atoms with E-state index in [0.717, 1.165) is 0 Å². The summed E-state index contributed by atoms with van der Waals surface area (Å²) >= 11 is 5.87. The second kappa shape index (κ2) is 7.54. The third-order valence-corrected chi connectivity index (χ3v) is 3.14. The summed E-state index contributed by atoms with van der Waals surface area (Å²) < 4.78 is 5.13. The van der Waals surface area contributed by atoms with Crippen molar-refractivity contribution >= 4 is 35.7 Å². The lowest BCUT2D eigenvalue weighted by Crippen LogP contribution is -2.44. The van der Waals surface area contributed by atoms with Crippen LogP contribution in [0, 0.1) is 0 Å². The van der Waals surface area contributed by atoms with E-state index in [0.29, 0.717) is 29.5 Å². The van der Waals surface area contributed by atoms with Crippen LogP contribution in [-0.4, -0.2) is 43.5 Å². The lowest BCUT2D eigenvalue weighted by atomic mass is 10.2. The molecule has 1 aliphatic rings. The van der Waals surface area contributed by atoms with Gasteiger partial charge in [0.25, 0.3) is 0 Å². The van der Waals surface area contributed by atoms with Crippen molar-refractivity contribution in [2.45, 2.75) is 12.1 Å². The van der Waals surface area contributed by atoms with Crippen LogP contribution in [0.2, 0.25) is 5.02 Å². The van der Waals surface area contributed by atoms with Crippen LogP contribution < -0.4 is 20.7 Å². The van der Waals surface area contributed by atoms with Crippen LogP contribution in [0.1, 0.15) is 0 Å². The van der Waals surface area contributed by atoms with Crippen molar-refractivity contribution in [1.82, 2.24) is 10.6 Å². The monoisotopic (exact) mass is 321 g/mol. The summed E-state index contributed by atoms with van der Waals surface area (Å²) in [6.07, 6.45) is -0.577. The van der Waals surface area contributed by atoms with Crippen molar-refractivity contribution in [3.8, 4) is 5.75 Å². The molecule has 1 heterocycles. The van der Waals surface area contributed by atoms with Crippen LogP contribution >= 0.6 is 24.0 Å². The molecule has 4 N–H and O–H groups in total. The number of β-amino-alcohol motifs (C(OH)–C–C–N with tert-alkyl or cyclic N) is 1. The predicted molar refractivity (Wildman–Crippen MR) is 80.1 cm³/mol. The van der Waals surface area contributed by atoms with E-state index >= 15 is 0 Å². The molecular formula is C12H17Cl2N3O3. The maximum Gasteiger partial charge on any atom is 0.319 e. The Bertz CT molecular complexity index is 473. The molecule has 2 rings (SSSR count). The van der Waals surface area contributed by atoms with Gasteiger partial charge in [-0.1, -0.05) is 11.6 Å². The Balaban J connectivity index is 0.00000200. The van der Waals surface area contributed by atoms with E-state index in [1.165, 1.54) is 7.11 Å². The van der Waals surface area contributed by atoms with Crippen LogP contribution in [0.4, 0.5) is 10.5 Å². The van der Waals surface area contributed by atoms with Crippen LogP contribution in [0.25, 0.3) is 0 Å². The largest absolute Gasteiger partial charge is 0.495 e. The number of anilines is 1. The molecule has 2 atom stereocenters. The van der Waals surface area contributed by atoms with E-state index in [1.807, 2.05) is 0 Å². The van der Waals surface area contributed by atoms with E-state index in [-0.39, 0.29) is 18.4 Å². The summed E-state index contributed by atoms with van der Waals surface area (Å²) in [7, 11) is 1.51. The second-order valence-electron chi connectivity index (χ2n) is 4.28. The summed E-state index contributed by atoms with van der Waals surface area (Å²) in [5.74, 6) is 0.518. The van der Waals surface area contributed by atoms with E-state index in [2.05, 4.69) is 16.0 Å². The number of hydrogen-bond donors (Lipinski definition) is 4. The number of aliphatic hydroxyl groups excluding tert-OH is 1. The third-order valence-electron chi connectivity index (χ3n) is 2.91. The summed E-state index contributed by atoms with van der Waals surface area (Å²) in [5.41, 5.74) is 0.480. The normalized spacial score (nSPS) is 20.9. The number of hydrogen-bond acceptors (Lipinski definition) is 4. The molecule has 1 aromatic carbocycles. The average molecular weight is 322 g/mol. The lowest BCUT2D eigenvalue weighted by molar-refractivity contribution is 0.164. The van der Waals surface area contributed by atoms with E-state index in [4.69, 9.17) is 16.3 Å². The Morgan fingerprint density at radius 2 is 2.25 bits per heavy atom. The van der Waals surface area contributed by atoms with Crippen molar-refractivity contribution in [3.63, 3.8) is 0 Å². The molecule has 0 bridgehead atoms. The maximum absolute atomic E-state index is 11.8. The molecule has 2 amide bonds. The topological polar surface area (TPSA) is 82.6 Å². The number of amides is 2. The number of carbonyl (C=O) groups excluding carboxylic acids is 1.